The molecule has 2 heterocycles. The molecule has 0 aliphatic heterocycles. The molecule has 2 aromatic carbocycles. The number of benzene rings is 2. The van der Waals surface area contributed by atoms with Gasteiger partial charge in [0.1, 0.15) is 0 Å². The minimum atomic E-state index is -0.145. The van der Waals surface area contributed by atoms with E-state index >= 15 is 0 Å². The molecule has 0 spiro atoms. The molecule has 1 amide bonds. The van der Waals surface area contributed by atoms with E-state index in [1.807, 2.05) is 36.4 Å². The third kappa shape index (κ3) is 4.71. The first-order valence-electron chi connectivity index (χ1n) is 11.1. The van der Waals surface area contributed by atoms with Crippen LogP contribution in [0.4, 0.5) is 0 Å². The Balaban J connectivity index is 1.84. The second-order valence-electron chi connectivity index (χ2n) is 8.31. The zero-order valence-electron chi connectivity index (χ0n) is 19.1. The van der Waals surface area contributed by atoms with Gasteiger partial charge in [-0.2, -0.15) is 0 Å². The molecule has 170 valence electrons. The Morgan fingerprint density at radius 3 is 2.30 bits per heavy atom. The van der Waals surface area contributed by atoms with Crippen LogP contribution in [-0.2, 0) is 6.54 Å². The Bertz CT molecular complexity index is 1340. The Hall–Kier alpha value is -3.38. The summed E-state index contributed by atoms with van der Waals surface area (Å²) in [6.07, 6.45) is 4.93. The van der Waals surface area contributed by atoms with Gasteiger partial charge in [-0.1, -0.05) is 55.6 Å². The second kappa shape index (κ2) is 9.63. The summed E-state index contributed by atoms with van der Waals surface area (Å²) in [5.74, 6) is 0.546. The topological polar surface area (TPSA) is 59.6 Å². The van der Waals surface area contributed by atoms with Crippen LogP contribution in [-0.4, -0.2) is 38.9 Å². The Morgan fingerprint density at radius 2 is 1.67 bits per heavy atom. The average molecular weight is 463 g/mol. The molecule has 2 aromatic heterocycles. The van der Waals surface area contributed by atoms with Crippen LogP contribution in [0, 0.1) is 0 Å². The van der Waals surface area contributed by atoms with Crippen LogP contribution in [0.3, 0.4) is 0 Å². The maximum absolute atomic E-state index is 13.0. The van der Waals surface area contributed by atoms with Gasteiger partial charge in [0, 0.05) is 49.1 Å². The van der Waals surface area contributed by atoms with Crippen molar-refractivity contribution in [2.75, 3.05) is 14.1 Å². The molecule has 0 radical (unpaired) electrons. The molecule has 0 saturated carbocycles. The lowest BCUT2D eigenvalue weighted by atomic mass is 10.1. The number of fused-ring (bicyclic) bond motifs is 1. The van der Waals surface area contributed by atoms with Crippen LogP contribution in [0.15, 0.2) is 65.6 Å². The van der Waals surface area contributed by atoms with Crippen molar-refractivity contribution in [1.82, 2.24) is 18.9 Å². The van der Waals surface area contributed by atoms with E-state index in [1.54, 1.807) is 47.8 Å². The molecular weight excluding hydrogens is 436 g/mol. The van der Waals surface area contributed by atoms with Crippen LogP contribution in [0.1, 0.15) is 36.5 Å². The molecule has 0 aliphatic rings. The van der Waals surface area contributed by atoms with Crippen molar-refractivity contribution in [3.63, 3.8) is 0 Å². The standard InChI is InChI=1S/C26H27ClN4O2/c1-4-5-6-15-30-23(19-7-9-20(10-8-19)25(33)29(2)3)16-24(32)31-17-22(28-26(30)31)18-11-13-21(27)14-12-18/h7-14,16-17H,4-6,15H2,1-3H3. The fraction of sp³-hybridized carbons (Fsp3) is 0.269. The van der Waals surface area contributed by atoms with E-state index in [1.165, 1.54) is 0 Å². The van der Waals surface area contributed by atoms with Gasteiger partial charge in [0.2, 0.25) is 5.78 Å². The van der Waals surface area contributed by atoms with Gasteiger partial charge in [0.15, 0.2) is 0 Å². The summed E-state index contributed by atoms with van der Waals surface area (Å²) < 4.78 is 3.70. The minimum Gasteiger partial charge on any atom is -0.345 e. The lowest BCUT2D eigenvalue weighted by molar-refractivity contribution is 0.0827. The monoisotopic (exact) mass is 462 g/mol. The molecule has 0 unspecified atom stereocenters. The molecule has 0 saturated heterocycles. The van der Waals surface area contributed by atoms with Crippen LogP contribution in [0.2, 0.25) is 5.02 Å². The van der Waals surface area contributed by atoms with Gasteiger partial charge in [-0.05, 0) is 36.2 Å². The molecule has 0 fully saturated rings. The lowest BCUT2D eigenvalue weighted by Gasteiger charge is -2.16. The van der Waals surface area contributed by atoms with Gasteiger partial charge >= 0.3 is 0 Å². The minimum absolute atomic E-state index is 0.0572. The molecule has 0 atom stereocenters. The number of amides is 1. The quantitative estimate of drug-likeness (QED) is 0.346. The third-order valence-corrected chi connectivity index (χ3v) is 5.93. The summed E-state index contributed by atoms with van der Waals surface area (Å²) in [6, 6.07) is 16.5. The number of rotatable bonds is 7. The van der Waals surface area contributed by atoms with Crippen molar-refractivity contribution in [3.05, 3.63) is 81.7 Å². The molecule has 0 N–H and O–H groups in total. The lowest BCUT2D eigenvalue weighted by Crippen LogP contribution is -2.21. The van der Waals surface area contributed by atoms with E-state index in [4.69, 9.17) is 16.6 Å². The van der Waals surface area contributed by atoms with Gasteiger partial charge in [-0.3, -0.25) is 14.0 Å². The van der Waals surface area contributed by atoms with Gasteiger partial charge in [0.05, 0.1) is 11.4 Å². The molecular formula is C26H27ClN4O2. The van der Waals surface area contributed by atoms with Crippen molar-refractivity contribution < 1.29 is 4.79 Å². The molecule has 7 heteroatoms. The summed E-state index contributed by atoms with van der Waals surface area (Å²) in [5.41, 5.74) is 3.74. The summed E-state index contributed by atoms with van der Waals surface area (Å²) >= 11 is 6.03. The second-order valence-corrected chi connectivity index (χ2v) is 8.74. The fourth-order valence-electron chi connectivity index (χ4n) is 3.88. The zero-order chi connectivity index (χ0) is 23.5. The van der Waals surface area contributed by atoms with Gasteiger partial charge in [0.25, 0.3) is 11.5 Å². The number of aryl methyl sites for hydroxylation is 1. The van der Waals surface area contributed by atoms with E-state index in [-0.39, 0.29) is 11.5 Å². The number of nitrogens with zero attached hydrogens (tertiary/aromatic N) is 4. The van der Waals surface area contributed by atoms with Crippen molar-refractivity contribution in [2.45, 2.75) is 32.7 Å². The smallest absolute Gasteiger partial charge is 0.259 e. The van der Waals surface area contributed by atoms with E-state index in [2.05, 4.69) is 11.5 Å². The number of hydrogen-bond acceptors (Lipinski definition) is 3. The molecule has 33 heavy (non-hydrogen) atoms. The van der Waals surface area contributed by atoms with Crippen LogP contribution in [0.5, 0.6) is 0 Å². The van der Waals surface area contributed by atoms with Crippen molar-refractivity contribution in [1.29, 1.82) is 0 Å². The Morgan fingerprint density at radius 1 is 1.00 bits per heavy atom. The first-order valence-corrected chi connectivity index (χ1v) is 11.5. The summed E-state index contributed by atoms with van der Waals surface area (Å²) in [4.78, 5) is 31.7. The SMILES string of the molecule is CCCCCn1c(-c2ccc(C(=O)N(C)C)cc2)cc(=O)n2cc(-c3ccc(Cl)cc3)nc12. The molecule has 4 aromatic rings. The number of carbonyl (C=O) groups is 1. The highest BCUT2D eigenvalue weighted by Crippen LogP contribution is 2.25. The summed E-state index contributed by atoms with van der Waals surface area (Å²) in [6.45, 7) is 2.90. The van der Waals surface area contributed by atoms with Gasteiger partial charge in [-0.15, -0.1) is 0 Å². The summed E-state index contributed by atoms with van der Waals surface area (Å²) in [7, 11) is 3.46. The Kier molecular flexibility index (Phi) is 6.65. The molecule has 0 aliphatic carbocycles. The number of aromatic nitrogens is 3. The number of carbonyl (C=O) groups excluding carboxylic acids is 1. The normalized spacial score (nSPS) is 11.2. The Labute approximate surface area is 198 Å². The highest BCUT2D eigenvalue weighted by Gasteiger charge is 2.16. The van der Waals surface area contributed by atoms with Crippen LogP contribution in [0.25, 0.3) is 28.3 Å². The number of imidazole rings is 1. The van der Waals surface area contributed by atoms with E-state index in [9.17, 15) is 9.59 Å². The first-order chi connectivity index (χ1) is 15.9. The average Bonchev–Trinajstić information content (AvgIpc) is 3.27. The number of halogens is 1. The van der Waals surface area contributed by atoms with E-state index in [0.717, 1.165) is 48.3 Å². The first kappa shape index (κ1) is 22.8. The predicted molar refractivity (Wildman–Crippen MR) is 133 cm³/mol. The largest absolute Gasteiger partial charge is 0.345 e. The van der Waals surface area contributed by atoms with Crippen LogP contribution >= 0.6 is 11.6 Å². The fourth-order valence-corrected chi connectivity index (χ4v) is 4.00. The van der Waals surface area contributed by atoms with Crippen molar-refractivity contribution in [3.8, 4) is 22.5 Å². The summed E-state index contributed by atoms with van der Waals surface area (Å²) in [5, 5.41) is 0.653. The number of unbranched alkanes of at least 4 members (excludes halogenated alkanes) is 2. The van der Waals surface area contributed by atoms with E-state index < -0.39 is 0 Å². The highest BCUT2D eigenvalue weighted by atomic mass is 35.5. The molecule has 6 nitrogen and oxygen atoms in total. The van der Waals surface area contributed by atoms with Gasteiger partial charge < -0.3 is 9.47 Å². The maximum atomic E-state index is 13.0. The zero-order valence-corrected chi connectivity index (χ0v) is 19.8. The predicted octanol–water partition coefficient (Wildman–Crippen LogP) is 5.38. The van der Waals surface area contributed by atoms with Crippen LogP contribution < -0.4 is 5.56 Å². The van der Waals surface area contributed by atoms with Gasteiger partial charge in [-0.25, -0.2) is 4.98 Å². The third-order valence-electron chi connectivity index (χ3n) is 5.68. The molecule has 4 rings (SSSR count). The van der Waals surface area contributed by atoms with Crippen molar-refractivity contribution >= 4 is 23.3 Å². The maximum Gasteiger partial charge on any atom is 0.259 e. The number of hydrogen-bond donors (Lipinski definition) is 0. The van der Waals surface area contributed by atoms with Crippen molar-refractivity contribution in [2.24, 2.45) is 0 Å². The molecule has 0 bridgehead atoms. The van der Waals surface area contributed by atoms with E-state index in [0.29, 0.717) is 16.4 Å². The highest BCUT2D eigenvalue weighted by molar-refractivity contribution is 6.30.